The quantitative estimate of drug-likeness (QED) is 0.430. The highest BCUT2D eigenvalue weighted by Crippen LogP contribution is 2.17. The van der Waals surface area contributed by atoms with Crippen LogP contribution in [0.25, 0.3) is 0 Å². The zero-order chi connectivity index (χ0) is 22.4. The summed E-state index contributed by atoms with van der Waals surface area (Å²) in [7, 11) is 0. The van der Waals surface area contributed by atoms with E-state index in [0.717, 1.165) is 21.6 Å². The van der Waals surface area contributed by atoms with E-state index in [4.69, 9.17) is 4.42 Å². The van der Waals surface area contributed by atoms with Crippen LogP contribution in [0.3, 0.4) is 0 Å². The smallest absolute Gasteiger partial charge is 0.254 e. The normalized spacial score (nSPS) is 10.9. The Bertz CT molecular complexity index is 1010. The third kappa shape index (κ3) is 6.31. The van der Waals surface area contributed by atoms with Crippen molar-refractivity contribution in [2.45, 2.75) is 39.9 Å². The molecule has 1 aromatic heterocycles. The average Bonchev–Trinajstić information content (AvgIpc) is 3.16. The van der Waals surface area contributed by atoms with Gasteiger partial charge in [-0.25, -0.2) is 0 Å². The van der Waals surface area contributed by atoms with Crippen LogP contribution in [-0.4, -0.2) is 34.2 Å². The van der Waals surface area contributed by atoms with Crippen LogP contribution in [0, 0.1) is 6.92 Å². The number of amides is 2. The van der Waals surface area contributed by atoms with Crippen molar-refractivity contribution in [3.8, 4) is 0 Å². The Morgan fingerprint density at radius 2 is 1.61 bits per heavy atom. The molecule has 2 aromatic carbocycles. The maximum atomic E-state index is 13.3. The van der Waals surface area contributed by atoms with E-state index in [-0.39, 0.29) is 24.4 Å². The van der Waals surface area contributed by atoms with Gasteiger partial charge in [0.25, 0.3) is 5.91 Å². The van der Waals surface area contributed by atoms with E-state index in [1.807, 2.05) is 75.4 Å². The molecule has 2 amide bonds. The first-order valence-corrected chi connectivity index (χ1v) is 11.1. The monoisotopic (exact) mass is 482 g/mol. The molecule has 0 unspecified atom stereocenters. The van der Waals surface area contributed by atoms with Gasteiger partial charge in [0.1, 0.15) is 18.1 Å². The highest BCUT2D eigenvalue weighted by atomic mass is 79.9. The molecule has 0 radical (unpaired) electrons. The number of aryl methyl sites for hydroxylation is 1. The fourth-order valence-corrected chi connectivity index (χ4v) is 3.55. The molecule has 0 bridgehead atoms. The Morgan fingerprint density at radius 1 is 0.935 bits per heavy atom. The predicted molar refractivity (Wildman–Crippen MR) is 124 cm³/mol. The van der Waals surface area contributed by atoms with Crippen LogP contribution in [-0.2, 0) is 17.9 Å². The average molecular weight is 483 g/mol. The van der Waals surface area contributed by atoms with Crippen molar-refractivity contribution < 1.29 is 14.0 Å². The van der Waals surface area contributed by atoms with Gasteiger partial charge in [-0.15, -0.1) is 0 Å². The van der Waals surface area contributed by atoms with Gasteiger partial charge in [-0.1, -0.05) is 46.3 Å². The fraction of sp³-hybridized carbons (Fsp3) is 0.280. The maximum absolute atomic E-state index is 13.3. The maximum Gasteiger partial charge on any atom is 0.254 e. The van der Waals surface area contributed by atoms with Crippen LogP contribution in [0.2, 0.25) is 0 Å². The number of nitrogens with zero attached hydrogens (tertiary/aromatic N) is 2. The highest BCUT2D eigenvalue weighted by molar-refractivity contribution is 9.10. The molecule has 0 aliphatic carbocycles. The standard InChI is InChI=1S/C25H27BrN2O3/c1-18(2)28(25(30)21-10-12-22(26)13-11-21)17-24(29)27(15-20-7-5-4-6-8-20)16-23-14-9-19(3)31-23/h4-14,18H,15-17H2,1-3H3. The van der Waals surface area contributed by atoms with Gasteiger partial charge in [0, 0.05) is 22.6 Å². The Labute approximate surface area is 191 Å². The Kier molecular flexibility index (Phi) is 7.69. The van der Waals surface area contributed by atoms with Gasteiger partial charge in [-0.05, 0) is 62.7 Å². The van der Waals surface area contributed by atoms with Crippen molar-refractivity contribution >= 4 is 27.7 Å². The summed E-state index contributed by atoms with van der Waals surface area (Å²) in [5.74, 6) is 1.23. The number of carbonyl (C=O) groups excluding carboxylic acids is 2. The second-order valence-corrected chi connectivity index (χ2v) is 8.70. The van der Waals surface area contributed by atoms with Crippen LogP contribution in [0.4, 0.5) is 0 Å². The Balaban J connectivity index is 1.80. The van der Waals surface area contributed by atoms with E-state index in [0.29, 0.717) is 18.7 Å². The molecule has 0 fully saturated rings. The second-order valence-electron chi connectivity index (χ2n) is 7.78. The molecule has 0 saturated carbocycles. The van der Waals surface area contributed by atoms with Crippen LogP contribution in [0.1, 0.15) is 41.3 Å². The molecule has 3 aromatic rings. The topological polar surface area (TPSA) is 53.8 Å². The summed E-state index contributed by atoms with van der Waals surface area (Å²) in [5, 5.41) is 0. The predicted octanol–water partition coefficient (Wildman–Crippen LogP) is 5.43. The molecule has 31 heavy (non-hydrogen) atoms. The van der Waals surface area contributed by atoms with E-state index in [1.165, 1.54) is 0 Å². The number of hydrogen-bond donors (Lipinski definition) is 0. The molecule has 0 aliphatic heterocycles. The molecule has 0 spiro atoms. The zero-order valence-electron chi connectivity index (χ0n) is 18.0. The minimum Gasteiger partial charge on any atom is -0.464 e. The van der Waals surface area contributed by atoms with Crippen molar-refractivity contribution in [1.29, 1.82) is 0 Å². The zero-order valence-corrected chi connectivity index (χ0v) is 19.6. The number of furan rings is 1. The number of carbonyl (C=O) groups is 2. The molecule has 6 heteroatoms. The molecule has 1 heterocycles. The van der Waals surface area contributed by atoms with Gasteiger partial charge in [0.15, 0.2) is 0 Å². The van der Waals surface area contributed by atoms with Gasteiger partial charge < -0.3 is 14.2 Å². The number of hydrogen-bond acceptors (Lipinski definition) is 3. The minimum atomic E-state index is -0.163. The van der Waals surface area contributed by atoms with Gasteiger partial charge in [0.05, 0.1) is 6.54 Å². The molecule has 0 N–H and O–H groups in total. The largest absolute Gasteiger partial charge is 0.464 e. The van der Waals surface area contributed by atoms with Crippen LogP contribution in [0.15, 0.2) is 75.6 Å². The fourth-order valence-electron chi connectivity index (χ4n) is 3.29. The van der Waals surface area contributed by atoms with Gasteiger partial charge in [0.2, 0.25) is 5.91 Å². The SMILES string of the molecule is Cc1ccc(CN(Cc2ccccc2)C(=O)CN(C(=O)c2ccc(Br)cc2)C(C)C)o1. The van der Waals surface area contributed by atoms with E-state index in [2.05, 4.69) is 15.9 Å². The summed E-state index contributed by atoms with van der Waals surface area (Å²) in [4.78, 5) is 29.8. The Morgan fingerprint density at radius 3 is 2.19 bits per heavy atom. The van der Waals surface area contributed by atoms with Gasteiger partial charge >= 0.3 is 0 Å². The molecular weight excluding hydrogens is 456 g/mol. The molecule has 0 atom stereocenters. The van der Waals surface area contributed by atoms with Crippen molar-refractivity contribution in [3.05, 3.63) is 93.9 Å². The summed E-state index contributed by atoms with van der Waals surface area (Å²) < 4.78 is 6.61. The van der Waals surface area contributed by atoms with Gasteiger partial charge in [-0.2, -0.15) is 0 Å². The van der Waals surface area contributed by atoms with E-state index in [1.54, 1.807) is 21.9 Å². The molecule has 0 aliphatic rings. The third-order valence-corrected chi connectivity index (χ3v) is 5.52. The van der Waals surface area contributed by atoms with Crippen LogP contribution < -0.4 is 0 Å². The molecule has 5 nitrogen and oxygen atoms in total. The van der Waals surface area contributed by atoms with Gasteiger partial charge in [-0.3, -0.25) is 9.59 Å². The summed E-state index contributed by atoms with van der Waals surface area (Å²) in [6, 6.07) is 20.7. The van der Waals surface area contributed by atoms with Crippen molar-refractivity contribution in [1.82, 2.24) is 9.80 Å². The lowest BCUT2D eigenvalue weighted by atomic mass is 10.1. The third-order valence-electron chi connectivity index (χ3n) is 4.99. The summed E-state index contributed by atoms with van der Waals surface area (Å²) >= 11 is 3.39. The summed E-state index contributed by atoms with van der Waals surface area (Å²) in [5.41, 5.74) is 1.58. The van der Waals surface area contributed by atoms with E-state index in [9.17, 15) is 9.59 Å². The Hall–Kier alpha value is -2.86. The lowest BCUT2D eigenvalue weighted by Crippen LogP contribution is -2.45. The van der Waals surface area contributed by atoms with Crippen molar-refractivity contribution in [2.24, 2.45) is 0 Å². The van der Waals surface area contributed by atoms with E-state index < -0.39 is 0 Å². The number of rotatable bonds is 8. The highest BCUT2D eigenvalue weighted by Gasteiger charge is 2.25. The first-order valence-electron chi connectivity index (χ1n) is 10.3. The van der Waals surface area contributed by atoms with Crippen molar-refractivity contribution in [2.75, 3.05) is 6.54 Å². The molecular formula is C25H27BrN2O3. The first kappa shape index (κ1) is 22.8. The lowest BCUT2D eigenvalue weighted by molar-refractivity contribution is -0.133. The summed E-state index contributed by atoms with van der Waals surface area (Å²) in [6.07, 6.45) is 0. The van der Waals surface area contributed by atoms with E-state index >= 15 is 0 Å². The molecule has 162 valence electrons. The number of halogens is 1. The number of benzene rings is 2. The van der Waals surface area contributed by atoms with Crippen molar-refractivity contribution in [3.63, 3.8) is 0 Å². The molecule has 3 rings (SSSR count). The second kappa shape index (κ2) is 10.4. The molecule has 0 saturated heterocycles. The minimum absolute atomic E-state index is 0.000905. The van der Waals surface area contributed by atoms with Crippen LogP contribution in [0.5, 0.6) is 0 Å². The van der Waals surface area contributed by atoms with Crippen LogP contribution >= 0.6 is 15.9 Å². The first-order chi connectivity index (χ1) is 14.8. The summed E-state index contributed by atoms with van der Waals surface area (Å²) in [6.45, 7) is 6.50. The lowest BCUT2D eigenvalue weighted by Gasteiger charge is -2.30.